The molecule has 1 aliphatic heterocycles. The molecule has 1 spiro atoms. The van der Waals surface area contributed by atoms with Crippen LogP contribution < -0.4 is 5.73 Å². The molecule has 2 fully saturated rings. The maximum Gasteiger partial charge on any atom is 0.0115 e. The summed E-state index contributed by atoms with van der Waals surface area (Å²) in [6.07, 6.45) is 2.61. The third-order valence-corrected chi connectivity index (χ3v) is 3.42. The zero-order valence-corrected chi connectivity index (χ0v) is 9.14. The third-order valence-electron chi connectivity index (χ3n) is 3.42. The molecule has 0 aromatic rings. The van der Waals surface area contributed by atoms with Gasteiger partial charge in [0.25, 0.3) is 0 Å². The Balaban J connectivity index is 1.86. The highest BCUT2D eigenvalue weighted by atomic mass is 15.2. The first-order valence-electron chi connectivity index (χ1n) is 5.39. The summed E-state index contributed by atoms with van der Waals surface area (Å²) < 4.78 is 0. The average Bonchev–Trinajstić information content (AvgIpc) is 2.37. The van der Waals surface area contributed by atoms with E-state index in [0.717, 1.165) is 0 Å². The molecular formula is C11H22N2. The fourth-order valence-electron chi connectivity index (χ4n) is 2.64. The zero-order valence-electron chi connectivity index (χ0n) is 9.14. The highest BCUT2D eigenvalue weighted by Crippen LogP contribution is 2.51. The summed E-state index contributed by atoms with van der Waals surface area (Å²) in [5.74, 6) is 0. The maximum absolute atomic E-state index is 5.96. The SMILES string of the molecule is CC(C)(C)CN1CCC2(C[C@H]2N)C1. The van der Waals surface area contributed by atoms with Crippen LogP contribution in [0.2, 0.25) is 0 Å². The van der Waals surface area contributed by atoms with Crippen LogP contribution in [0, 0.1) is 10.8 Å². The molecule has 2 N–H and O–H groups in total. The Kier molecular flexibility index (Phi) is 1.97. The van der Waals surface area contributed by atoms with E-state index in [4.69, 9.17) is 5.73 Å². The van der Waals surface area contributed by atoms with Gasteiger partial charge in [-0.05, 0) is 24.8 Å². The molecule has 2 heteroatoms. The topological polar surface area (TPSA) is 29.3 Å². The van der Waals surface area contributed by atoms with Crippen LogP contribution in [0.25, 0.3) is 0 Å². The molecule has 2 aliphatic rings. The van der Waals surface area contributed by atoms with Crippen molar-refractivity contribution in [3.63, 3.8) is 0 Å². The monoisotopic (exact) mass is 182 g/mol. The molecule has 1 unspecified atom stereocenters. The molecule has 1 aliphatic carbocycles. The molecular weight excluding hydrogens is 160 g/mol. The van der Waals surface area contributed by atoms with Gasteiger partial charge in [-0.15, -0.1) is 0 Å². The van der Waals surface area contributed by atoms with Crippen LogP contribution in [0.1, 0.15) is 33.6 Å². The number of hydrogen-bond donors (Lipinski definition) is 1. The van der Waals surface area contributed by atoms with E-state index >= 15 is 0 Å². The van der Waals surface area contributed by atoms with Gasteiger partial charge in [0.1, 0.15) is 0 Å². The van der Waals surface area contributed by atoms with Crippen LogP contribution in [0.3, 0.4) is 0 Å². The molecule has 1 heterocycles. The minimum Gasteiger partial charge on any atom is -0.327 e. The van der Waals surface area contributed by atoms with E-state index in [1.165, 1.54) is 32.5 Å². The second kappa shape index (κ2) is 2.71. The lowest BCUT2D eigenvalue weighted by atomic mass is 9.96. The van der Waals surface area contributed by atoms with Gasteiger partial charge in [-0.3, -0.25) is 0 Å². The lowest BCUT2D eigenvalue weighted by Crippen LogP contribution is -2.31. The van der Waals surface area contributed by atoms with Crippen molar-refractivity contribution < 1.29 is 0 Å². The fourth-order valence-corrected chi connectivity index (χ4v) is 2.64. The second-order valence-electron chi connectivity index (χ2n) is 6.19. The van der Waals surface area contributed by atoms with E-state index in [2.05, 4.69) is 25.7 Å². The first-order valence-corrected chi connectivity index (χ1v) is 5.39. The summed E-state index contributed by atoms with van der Waals surface area (Å²) in [6, 6.07) is 0.512. The smallest absolute Gasteiger partial charge is 0.0115 e. The molecule has 13 heavy (non-hydrogen) atoms. The van der Waals surface area contributed by atoms with Crippen LogP contribution in [0.15, 0.2) is 0 Å². The van der Waals surface area contributed by atoms with Gasteiger partial charge in [-0.2, -0.15) is 0 Å². The number of nitrogens with zero attached hydrogens (tertiary/aromatic N) is 1. The Morgan fingerprint density at radius 3 is 2.46 bits per heavy atom. The summed E-state index contributed by atoms with van der Waals surface area (Å²) in [7, 11) is 0. The number of nitrogens with two attached hydrogens (primary N) is 1. The van der Waals surface area contributed by atoms with Crippen LogP contribution in [-0.2, 0) is 0 Å². The van der Waals surface area contributed by atoms with E-state index in [-0.39, 0.29) is 0 Å². The van der Waals surface area contributed by atoms with Crippen molar-refractivity contribution in [3.8, 4) is 0 Å². The Bertz CT molecular complexity index is 207. The Labute approximate surface area is 81.5 Å². The van der Waals surface area contributed by atoms with Gasteiger partial charge in [-0.25, -0.2) is 0 Å². The van der Waals surface area contributed by atoms with Crippen molar-refractivity contribution in [1.29, 1.82) is 0 Å². The Morgan fingerprint density at radius 1 is 1.46 bits per heavy atom. The minimum absolute atomic E-state index is 0.435. The normalized spacial score (nSPS) is 40.2. The molecule has 1 saturated heterocycles. The van der Waals surface area contributed by atoms with Gasteiger partial charge >= 0.3 is 0 Å². The van der Waals surface area contributed by atoms with Crippen LogP contribution >= 0.6 is 0 Å². The molecule has 1 saturated carbocycles. The number of hydrogen-bond acceptors (Lipinski definition) is 2. The predicted molar refractivity (Wildman–Crippen MR) is 55.5 cm³/mol. The second-order valence-corrected chi connectivity index (χ2v) is 6.19. The summed E-state index contributed by atoms with van der Waals surface area (Å²) in [6.45, 7) is 10.7. The highest BCUT2D eigenvalue weighted by Gasteiger charge is 2.55. The van der Waals surface area contributed by atoms with Crippen molar-refractivity contribution in [1.82, 2.24) is 4.90 Å². The first-order chi connectivity index (χ1) is 5.91. The number of likely N-dealkylation sites (tertiary alicyclic amines) is 1. The van der Waals surface area contributed by atoms with E-state index in [1.807, 2.05) is 0 Å². The van der Waals surface area contributed by atoms with Gasteiger partial charge in [0, 0.05) is 24.5 Å². The highest BCUT2D eigenvalue weighted by molar-refractivity contribution is 5.11. The molecule has 2 atom stereocenters. The first kappa shape index (κ1) is 9.47. The minimum atomic E-state index is 0.435. The van der Waals surface area contributed by atoms with Crippen molar-refractivity contribution in [2.75, 3.05) is 19.6 Å². The molecule has 0 aromatic carbocycles. The number of rotatable bonds is 1. The largest absolute Gasteiger partial charge is 0.327 e. The maximum atomic E-state index is 5.96. The molecule has 0 amide bonds. The summed E-state index contributed by atoms with van der Waals surface area (Å²) in [4.78, 5) is 2.59. The van der Waals surface area contributed by atoms with Crippen molar-refractivity contribution >= 4 is 0 Å². The van der Waals surface area contributed by atoms with Crippen LogP contribution in [-0.4, -0.2) is 30.6 Å². The van der Waals surface area contributed by atoms with Gasteiger partial charge in [-0.1, -0.05) is 20.8 Å². The predicted octanol–water partition coefficient (Wildman–Crippen LogP) is 1.46. The van der Waals surface area contributed by atoms with Crippen LogP contribution in [0.5, 0.6) is 0 Å². The average molecular weight is 182 g/mol. The lowest BCUT2D eigenvalue weighted by molar-refractivity contribution is 0.218. The van der Waals surface area contributed by atoms with E-state index in [1.54, 1.807) is 0 Å². The van der Waals surface area contributed by atoms with Crippen molar-refractivity contribution in [2.45, 2.75) is 39.7 Å². The van der Waals surface area contributed by atoms with Crippen molar-refractivity contribution in [3.05, 3.63) is 0 Å². The van der Waals surface area contributed by atoms with Crippen molar-refractivity contribution in [2.24, 2.45) is 16.6 Å². The van der Waals surface area contributed by atoms with Crippen LogP contribution in [0.4, 0.5) is 0 Å². The van der Waals surface area contributed by atoms with Gasteiger partial charge in [0.2, 0.25) is 0 Å². The third kappa shape index (κ3) is 1.89. The molecule has 76 valence electrons. The molecule has 0 radical (unpaired) electrons. The fraction of sp³-hybridized carbons (Fsp3) is 1.00. The molecule has 0 bridgehead atoms. The standard InChI is InChI=1S/C11H22N2/c1-10(2,3)7-13-5-4-11(8-13)6-9(11)12/h9H,4-8,12H2,1-3H3/t9-,11?/m1/s1. The Hall–Kier alpha value is -0.0800. The van der Waals surface area contributed by atoms with E-state index < -0.39 is 0 Å². The molecule has 2 nitrogen and oxygen atoms in total. The summed E-state index contributed by atoms with van der Waals surface area (Å²) >= 11 is 0. The Morgan fingerprint density at radius 2 is 2.08 bits per heavy atom. The summed E-state index contributed by atoms with van der Waals surface area (Å²) in [5, 5.41) is 0. The quantitative estimate of drug-likeness (QED) is 0.665. The van der Waals surface area contributed by atoms with Gasteiger partial charge in [0.15, 0.2) is 0 Å². The summed E-state index contributed by atoms with van der Waals surface area (Å²) in [5.41, 5.74) is 6.94. The molecule has 2 rings (SSSR count). The zero-order chi connectivity index (χ0) is 9.69. The van der Waals surface area contributed by atoms with Gasteiger partial charge < -0.3 is 10.6 Å². The lowest BCUT2D eigenvalue weighted by Gasteiger charge is -2.26. The van der Waals surface area contributed by atoms with E-state index in [9.17, 15) is 0 Å². The molecule has 0 aromatic heterocycles. The van der Waals surface area contributed by atoms with Gasteiger partial charge in [0.05, 0.1) is 0 Å². The van der Waals surface area contributed by atoms with E-state index in [0.29, 0.717) is 16.9 Å².